The summed E-state index contributed by atoms with van der Waals surface area (Å²) in [4.78, 5) is 35.9. The molecule has 0 saturated carbocycles. The Morgan fingerprint density at radius 3 is 2.57 bits per heavy atom. The predicted molar refractivity (Wildman–Crippen MR) is 83.6 cm³/mol. The van der Waals surface area contributed by atoms with Gasteiger partial charge in [-0.05, 0) is 25.0 Å². The molecule has 23 heavy (non-hydrogen) atoms. The van der Waals surface area contributed by atoms with Crippen LogP contribution in [-0.4, -0.2) is 36.5 Å². The average Bonchev–Trinajstić information content (AvgIpc) is 3.03. The molecule has 0 spiro atoms. The van der Waals surface area contributed by atoms with Crippen LogP contribution in [0.3, 0.4) is 0 Å². The first-order valence-electron chi connectivity index (χ1n) is 7.30. The Balaban J connectivity index is 2.66. The van der Waals surface area contributed by atoms with E-state index in [-0.39, 0.29) is 18.2 Å². The largest absolute Gasteiger partial charge is 0.459 e. The summed E-state index contributed by atoms with van der Waals surface area (Å²) in [5, 5.41) is 5.08. The fourth-order valence-corrected chi connectivity index (χ4v) is 1.74. The Hall–Kier alpha value is -2.57. The summed E-state index contributed by atoms with van der Waals surface area (Å²) in [5.41, 5.74) is 0. The lowest BCUT2D eigenvalue weighted by atomic mass is 10.0. The molecule has 0 aliphatic carbocycles. The molecule has 0 fully saturated rings. The van der Waals surface area contributed by atoms with Crippen molar-refractivity contribution in [2.75, 3.05) is 6.54 Å². The van der Waals surface area contributed by atoms with Crippen molar-refractivity contribution in [1.82, 2.24) is 10.6 Å². The normalized spacial score (nSPS) is 13.0. The van der Waals surface area contributed by atoms with Crippen molar-refractivity contribution < 1.29 is 23.5 Å². The topological polar surface area (TPSA) is 97.6 Å². The third kappa shape index (κ3) is 5.61. The molecule has 7 heteroatoms. The molecular weight excluding hydrogens is 300 g/mol. The van der Waals surface area contributed by atoms with E-state index in [1.807, 2.05) is 0 Å². The van der Waals surface area contributed by atoms with Crippen molar-refractivity contribution in [3.63, 3.8) is 0 Å². The fraction of sp³-hybridized carbons (Fsp3) is 0.438. The number of rotatable bonds is 8. The van der Waals surface area contributed by atoms with Gasteiger partial charge in [-0.1, -0.05) is 19.9 Å². The first-order chi connectivity index (χ1) is 10.9. The monoisotopic (exact) mass is 322 g/mol. The summed E-state index contributed by atoms with van der Waals surface area (Å²) in [7, 11) is 0. The highest BCUT2D eigenvalue weighted by molar-refractivity contribution is 5.95. The zero-order chi connectivity index (χ0) is 17.4. The molecular formula is C16H22N2O5. The van der Waals surface area contributed by atoms with Gasteiger partial charge in [-0.15, -0.1) is 6.58 Å². The number of amides is 2. The highest BCUT2D eigenvalue weighted by Gasteiger charge is 2.29. The van der Waals surface area contributed by atoms with E-state index in [4.69, 9.17) is 9.15 Å². The fourth-order valence-electron chi connectivity index (χ4n) is 1.74. The van der Waals surface area contributed by atoms with Crippen LogP contribution in [0.5, 0.6) is 0 Å². The molecule has 2 amide bonds. The minimum atomic E-state index is -0.968. The van der Waals surface area contributed by atoms with Crippen LogP contribution < -0.4 is 10.6 Å². The van der Waals surface area contributed by atoms with Crippen molar-refractivity contribution in [1.29, 1.82) is 0 Å². The molecule has 126 valence electrons. The summed E-state index contributed by atoms with van der Waals surface area (Å²) in [6.07, 6.45) is 1.92. The number of furan rings is 1. The maximum atomic E-state index is 12.2. The highest BCUT2D eigenvalue weighted by atomic mass is 16.5. The molecule has 1 rings (SSSR count). The van der Waals surface area contributed by atoms with E-state index in [1.165, 1.54) is 25.3 Å². The first kappa shape index (κ1) is 18.5. The first-order valence-corrected chi connectivity index (χ1v) is 7.30. The second-order valence-electron chi connectivity index (χ2n) is 5.29. The van der Waals surface area contributed by atoms with Gasteiger partial charge in [0.2, 0.25) is 0 Å². The average molecular weight is 322 g/mol. The van der Waals surface area contributed by atoms with Gasteiger partial charge in [0.05, 0.1) is 6.26 Å². The van der Waals surface area contributed by atoms with Crippen molar-refractivity contribution in [3.8, 4) is 0 Å². The van der Waals surface area contributed by atoms with Crippen LogP contribution in [0.4, 0.5) is 0 Å². The van der Waals surface area contributed by atoms with E-state index in [9.17, 15) is 14.4 Å². The van der Waals surface area contributed by atoms with Gasteiger partial charge in [0.15, 0.2) is 11.9 Å². The molecule has 0 radical (unpaired) electrons. The number of esters is 1. The second-order valence-corrected chi connectivity index (χ2v) is 5.29. The summed E-state index contributed by atoms with van der Waals surface area (Å²) in [6.45, 7) is 8.75. The second kappa shape index (κ2) is 8.77. The number of ether oxygens (including phenoxy) is 1. The molecule has 0 saturated heterocycles. The molecule has 0 unspecified atom stereocenters. The smallest absolute Gasteiger partial charge is 0.329 e. The number of hydrogen-bond acceptors (Lipinski definition) is 5. The molecule has 0 aliphatic heterocycles. The lowest BCUT2D eigenvalue weighted by Gasteiger charge is -2.22. The molecule has 2 N–H and O–H groups in total. The van der Waals surface area contributed by atoms with Gasteiger partial charge < -0.3 is 19.8 Å². The lowest BCUT2D eigenvalue weighted by molar-refractivity contribution is -0.157. The van der Waals surface area contributed by atoms with Crippen LogP contribution in [0.25, 0.3) is 0 Å². The molecule has 1 heterocycles. The van der Waals surface area contributed by atoms with Crippen molar-refractivity contribution >= 4 is 17.8 Å². The maximum absolute atomic E-state index is 12.2. The number of nitrogens with one attached hydrogen (secondary N) is 2. The molecule has 0 aromatic carbocycles. The summed E-state index contributed by atoms with van der Waals surface area (Å²) >= 11 is 0. The Bertz CT molecular complexity index is 551. The Morgan fingerprint density at radius 2 is 2.04 bits per heavy atom. The third-order valence-corrected chi connectivity index (χ3v) is 3.03. The minimum Gasteiger partial charge on any atom is -0.459 e. The molecule has 0 bridgehead atoms. The van der Waals surface area contributed by atoms with Crippen molar-refractivity contribution in [2.24, 2.45) is 5.92 Å². The predicted octanol–water partition coefficient (Wildman–Crippen LogP) is 1.27. The summed E-state index contributed by atoms with van der Waals surface area (Å²) < 4.78 is 10.1. The zero-order valence-electron chi connectivity index (χ0n) is 13.5. The van der Waals surface area contributed by atoms with Crippen molar-refractivity contribution in [3.05, 3.63) is 36.8 Å². The van der Waals surface area contributed by atoms with E-state index < -0.39 is 29.9 Å². The van der Waals surface area contributed by atoms with Crippen LogP contribution in [0.2, 0.25) is 0 Å². The van der Waals surface area contributed by atoms with Gasteiger partial charge in [0.25, 0.3) is 11.8 Å². The molecule has 0 aliphatic rings. The Kier molecular flexibility index (Phi) is 7.05. The van der Waals surface area contributed by atoms with E-state index in [1.54, 1.807) is 19.9 Å². The van der Waals surface area contributed by atoms with Gasteiger partial charge >= 0.3 is 5.97 Å². The van der Waals surface area contributed by atoms with Crippen LogP contribution >= 0.6 is 0 Å². The van der Waals surface area contributed by atoms with E-state index in [0.29, 0.717) is 0 Å². The van der Waals surface area contributed by atoms with E-state index in [2.05, 4.69) is 17.2 Å². The van der Waals surface area contributed by atoms with E-state index in [0.717, 1.165) is 0 Å². The molecule has 7 nitrogen and oxygen atoms in total. The van der Waals surface area contributed by atoms with Crippen LogP contribution in [0.1, 0.15) is 31.3 Å². The van der Waals surface area contributed by atoms with E-state index >= 15 is 0 Å². The summed E-state index contributed by atoms with van der Waals surface area (Å²) in [6, 6.07) is 2.18. The van der Waals surface area contributed by atoms with Gasteiger partial charge in [-0.25, -0.2) is 4.79 Å². The standard InChI is InChI=1S/C16H22N2O5/c1-5-8-17-14(19)11(4)23-16(21)13(10(2)3)18-15(20)12-7-6-9-22-12/h5-7,9-11,13H,1,8H2,2-4H3,(H,17,19)(H,18,20)/t11-,13+/m1/s1. The molecule has 1 aromatic rings. The third-order valence-electron chi connectivity index (χ3n) is 3.03. The quantitative estimate of drug-likeness (QED) is 0.555. The molecule has 1 aromatic heterocycles. The maximum Gasteiger partial charge on any atom is 0.329 e. The molecule has 2 atom stereocenters. The minimum absolute atomic E-state index is 0.0974. The van der Waals surface area contributed by atoms with Gasteiger partial charge in [-0.3, -0.25) is 9.59 Å². The number of carbonyl (C=O) groups is 3. The lowest BCUT2D eigenvalue weighted by Crippen LogP contribution is -2.47. The SMILES string of the molecule is C=CCNC(=O)[C@@H](C)OC(=O)[C@@H](NC(=O)c1ccco1)C(C)C. The zero-order valence-corrected chi connectivity index (χ0v) is 13.5. The van der Waals surface area contributed by atoms with Crippen molar-refractivity contribution in [2.45, 2.75) is 32.9 Å². The van der Waals surface area contributed by atoms with Gasteiger partial charge in [0.1, 0.15) is 6.04 Å². The van der Waals surface area contributed by atoms with Gasteiger partial charge in [-0.2, -0.15) is 0 Å². The summed E-state index contributed by atoms with van der Waals surface area (Å²) in [5.74, 6) is -1.75. The van der Waals surface area contributed by atoms with Gasteiger partial charge in [0, 0.05) is 6.54 Å². The number of hydrogen-bond donors (Lipinski definition) is 2. The highest BCUT2D eigenvalue weighted by Crippen LogP contribution is 2.08. The Morgan fingerprint density at radius 1 is 1.35 bits per heavy atom. The van der Waals surface area contributed by atoms with Crippen LogP contribution in [0, 0.1) is 5.92 Å². The number of carbonyl (C=O) groups excluding carboxylic acids is 3. The van der Waals surface area contributed by atoms with Crippen LogP contribution in [0.15, 0.2) is 35.5 Å². The van der Waals surface area contributed by atoms with Crippen LogP contribution in [-0.2, 0) is 14.3 Å². The Labute approximate surface area is 135 Å².